The van der Waals surface area contributed by atoms with Crippen LogP contribution >= 0.6 is 0 Å². The van der Waals surface area contributed by atoms with E-state index < -0.39 is 17.7 Å². The van der Waals surface area contributed by atoms with Gasteiger partial charge in [0.15, 0.2) is 0 Å². The van der Waals surface area contributed by atoms with Crippen molar-refractivity contribution in [3.8, 4) is 5.75 Å². The molecule has 2 bridgehead atoms. The maximum Gasteiger partial charge on any atom is 0.270 e. The molecule has 0 saturated carbocycles. The molecule has 26 heavy (non-hydrogen) atoms. The average Bonchev–Trinajstić information content (AvgIpc) is 3.32. The fourth-order valence-corrected chi connectivity index (χ4v) is 4.03. The van der Waals surface area contributed by atoms with Crippen molar-refractivity contribution in [2.45, 2.75) is 44.8 Å². The van der Waals surface area contributed by atoms with Crippen LogP contribution in [-0.4, -0.2) is 41.5 Å². The number of ether oxygens (including phenoxy) is 2. The molecule has 1 N–H and O–H groups in total. The van der Waals surface area contributed by atoms with E-state index in [1.54, 1.807) is 24.3 Å². The number of hydrogen-bond donors (Lipinski definition) is 1. The minimum atomic E-state index is -0.486. The Morgan fingerprint density at radius 1 is 1.15 bits per heavy atom. The summed E-state index contributed by atoms with van der Waals surface area (Å²) in [7, 11) is 0. The molecule has 3 aliphatic rings. The number of imide groups is 1. The first-order chi connectivity index (χ1) is 12.6. The first kappa shape index (κ1) is 17.0. The molecule has 3 heterocycles. The number of carbonyl (C=O) groups is 3. The summed E-state index contributed by atoms with van der Waals surface area (Å²) in [5.41, 5.74) is 2.83. The molecule has 3 saturated heterocycles. The quantitative estimate of drug-likeness (QED) is 0.618. The topological polar surface area (TPSA) is 84.9 Å². The third-order valence-corrected chi connectivity index (χ3v) is 5.38. The van der Waals surface area contributed by atoms with Gasteiger partial charge in [-0.1, -0.05) is 13.3 Å². The lowest BCUT2D eigenvalue weighted by Gasteiger charge is -2.18. The van der Waals surface area contributed by atoms with Gasteiger partial charge in [0.1, 0.15) is 5.75 Å². The van der Waals surface area contributed by atoms with Crippen molar-refractivity contribution in [2.75, 3.05) is 6.61 Å². The van der Waals surface area contributed by atoms with Crippen molar-refractivity contribution in [1.82, 2.24) is 10.4 Å². The van der Waals surface area contributed by atoms with E-state index in [2.05, 4.69) is 12.3 Å². The Morgan fingerprint density at radius 2 is 1.77 bits per heavy atom. The first-order valence-electron chi connectivity index (χ1n) is 9.17. The largest absolute Gasteiger partial charge is 0.494 e. The standard InChI is InChI=1S/C19H22N2O5/c1-2-3-10-25-12-6-4-11(5-7-12)17(22)20-21-18(23)15-13-8-9-14(26-13)16(15)19(21)24/h4-7,13-16H,2-3,8-10H2,1H3,(H,20,22)/t13-,14-,15-,16+/m1/s1. The van der Waals surface area contributed by atoms with Crippen LogP contribution in [0.4, 0.5) is 0 Å². The molecule has 3 aliphatic heterocycles. The predicted molar refractivity (Wildman–Crippen MR) is 91.0 cm³/mol. The van der Waals surface area contributed by atoms with Crippen LogP contribution < -0.4 is 10.2 Å². The molecular weight excluding hydrogens is 336 g/mol. The van der Waals surface area contributed by atoms with Crippen molar-refractivity contribution in [3.63, 3.8) is 0 Å². The summed E-state index contributed by atoms with van der Waals surface area (Å²) in [6, 6.07) is 6.66. The van der Waals surface area contributed by atoms with Crippen molar-refractivity contribution in [2.24, 2.45) is 11.8 Å². The van der Waals surface area contributed by atoms with E-state index >= 15 is 0 Å². The Kier molecular flexibility index (Phi) is 4.40. The molecule has 1 aromatic rings. The van der Waals surface area contributed by atoms with Gasteiger partial charge in [0.05, 0.1) is 30.7 Å². The summed E-state index contributed by atoms with van der Waals surface area (Å²) in [6.07, 6.45) is 3.23. The second kappa shape index (κ2) is 6.72. The van der Waals surface area contributed by atoms with Crippen LogP contribution in [0.3, 0.4) is 0 Å². The number of nitrogens with one attached hydrogen (secondary N) is 1. The van der Waals surface area contributed by atoms with Gasteiger partial charge in [-0.15, -0.1) is 0 Å². The van der Waals surface area contributed by atoms with Crippen molar-refractivity contribution < 1.29 is 23.9 Å². The molecule has 7 nitrogen and oxygen atoms in total. The monoisotopic (exact) mass is 358 g/mol. The maximum absolute atomic E-state index is 12.5. The number of hydrazine groups is 1. The van der Waals surface area contributed by atoms with E-state index in [1.807, 2.05) is 0 Å². The Labute approximate surface area is 151 Å². The minimum absolute atomic E-state index is 0.192. The highest BCUT2D eigenvalue weighted by Gasteiger charge is 2.62. The third kappa shape index (κ3) is 2.76. The number of carbonyl (C=O) groups excluding carboxylic acids is 3. The van der Waals surface area contributed by atoms with Crippen LogP contribution in [0, 0.1) is 11.8 Å². The van der Waals surface area contributed by atoms with Crippen LogP contribution in [0.25, 0.3) is 0 Å². The van der Waals surface area contributed by atoms with Crippen molar-refractivity contribution >= 4 is 17.7 Å². The van der Waals surface area contributed by atoms with E-state index in [0.717, 1.165) is 30.7 Å². The van der Waals surface area contributed by atoms with Crippen molar-refractivity contribution in [3.05, 3.63) is 29.8 Å². The van der Waals surface area contributed by atoms with E-state index in [-0.39, 0.29) is 24.0 Å². The molecule has 0 aliphatic carbocycles. The predicted octanol–water partition coefficient (Wildman–Crippen LogP) is 1.67. The van der Waals surface area contributed by atoms with Gasteiger partial charge in [-0.25, -0.2) is 0 Å². The van der Waals surface area contributed by atoms with Gasteiger partial charge in [-0.2, -0.15) is 5.01 Å². The minimum Gasteiger partial charge on any atom is -0.494 e. The Morgan fingerprint density at radius 3 is 2.35 bits per heavy atom. The number of amides is 3. The number of nitrogens with zero attached hydrogens (tertiary/aromatic N) is 1. The van der Waals surface area contributed by atoms with Gasteiger partial charge < -0.3 is 9.47 Å². The smallest absolute Gasteiger partial charge is 0.270 e. The Balaban J connectivity index is 1.40. The van der Waals surface area contributed by atoms with Gasteiger partial charge in [0.25, 0.3) is 17.7 Å². The van der Waals surface area contributed by atoms with Gasteiger partial charge in [-0.3, -0.25) is 19.8 Å². The van der Waals surface area contributed by atoms with Crippen LogP contribution in [0.15, 0.2) is 24.3 Å². The molecule has 0 unspecified atom stereocenters. The molecule has 0 radical (unpaired) electrons. The SMILES string of the molecule is CCCCOc1ccc(C(=O)NN2C(=O)[C@@H]3[C@H](C2=O)[C@H]2CC[C@H]3O2)cc1. The molecule has 3 fully saturated rings. The summed E-state index contributed by atoms with van der Waals surface area (Å²) in [6.45, 7) is 2.72. The summed E-state index contributed by atoms with van der Waals surface area (Å²) < 4.78 is 11.2. The van der Waals surface area contributed by atoms with Crippen molar-refractivity contribution in [1.29, 1.82) is 0 Å². The highest BCUT2D eigenvalue weighted by Crippen LogP contribution is 2.48. The number of benzene rings is 1. The van der Waals surface area contributed by atoms with Gasteiger partial charge in [0.2, 0.25) is 0 Å². The summed E-state index contributed by atoms with van der Waals surface area (Å²) >= 11 is 0. The third-order valence-electron chi connectivity index (χ3n) is 5.38. The fourth-order valence-electron chi connectivity index (χ4n) is 4.03. The van der Waals surface area contributed by atoms with E-state index in [9.17, 15) is 14.4 Å². The highest BCUT2D eigenvalue weighted by molar-refractivity contribution is 6.08. The van der Waals surface area contributed by atoms with Crippen LogP contribution in [-0.2, 0) is 14.3 Å². The molecular formula is C19H22N2O5. The van der Waals surface area contributed by atoms with Gasteiger partial charge in [0, 0.05) is 5.56 Å². The van der Waals surface area contributed by atoms with Crippen LogP contribution in [0.5, 0.6) is 5.75 Å². The number of hydrogen-bond acceptors (Lipinski definition) is 5. The molecule has 4 atom stereocenters. The zero-order valence-electron chi connectivity index (χ0n) is 14.6. The molecule has 138 valence electrons. The zero-order chi connectivity index (χ0) is 18.3. The van der Waals surface area contributed by atoms with E-state index in [0.29, 0.717) is 17.9 Å². The molecule has 4 rings (SSSR count). The maximum atomic E-state index is 12.5. The Hall–Kier alpha value is -2.41. The van der Waals surface area contributed by atoms with Gasteiger partial charge >= 0.3 is 0 Å². The summed E-state index contributed by atoms with van der Waals surface area (Å²) in [5.74, 6) is -1.42. The van der Waals surface area contributed by atoms with Crippen LogP contribution in [0.1, 0.15) is 43.0 Å². The molecule has 0 spiro atoms. The molecule has 1 aromatic carbocycles. The normalized spacial score (nSPS) is 29.2. The lowest BCUT2D eigenvalue weighted by atomic mass is 9.81. The second-order valence-electron chi connectivity index (χ2n) is 7.02. The lowest BCUT2D eigenvalue weighted by Crippen LogP contribution is -2.47. The average molecular weight is 358 g/mol. The number of unbranched alkanes of at least 4 members (excludes halogenated alkanes) is 1. The molecule has 7 heteroatoms. The van der Waals surface area contributed by atoms with E-state index in [1.165, 1.54) is 0 Å². The number of rotatable bonds is 6. The molecule has 0 aromatic heterocycles. The van der Waals surface area contributed by atoms with Gasteiger partial charge in [-0.05, 0) is 43.5 Å². The highest BCUT2D eigenvalue weighted by atomic mass is 16.5. The second-order valence-corrected chi connectivity index (χ2v) is 7.02. The lowest BCUT2D eigenvalue weighted by molar-refractivity contribution is -0.145. The summed E-state index contributed by atoms with van der Waals surface area (Å²) in [5, 5.41) is 0.886. The van der Waals surface area contributed by atoms with Crippen LogP contribution in [0.2, 0.25) is 0 Å². The zero-order valence-corrected chi connectivity index (χ0v) is 14.6. The first-order valence-corrected chi connectivity index (χ1v) is 9.17. The fraction of sp³-hybridized carbons (Fsp3) is 0.526. The summed E-state index contributed by atoms with van der Waals surface area (Å²) in [4.78, 5) is 37.5. The number of fused-ring (bicyclic) bond motifs is 5. The molecule has 3 amide bonds. The van der Waals surface area contributed by atoms with E-state index in [4.69, 9.17) is 9.47 Å². The Bertz CT molecular complexity index is 704.